The Morgan fingerprint density at radius 2 is 1.21 bits per heavy atom. The van der Waals surface area contributed by atoms with Crippen LogP contribution < -0.4 is 0 Å². The number of nitrogens with zero attached hydrogens (tertiary/aromatic N) is 1. The van der Waals surface area contributed by atoms with Gasteiger partial charge < -0.3 is 20.4 Å². The van der Waals surface area contributed by atoms with Gasteiger partial charge in [0, 0.05) is 6.54 Å². The summed E-state index contributed by atoms with van der Waals surface area (Å²) in [6.45, 7) is -0.0900. The van der Waals surface area contributed by atoms with E-state index in [0.717, 1.165) is 16.7 Å². The number of rotatable bonds is 5. The van der Waals surface area contributed by atoms with Gasteiger partial charge in [0.1, 0.15) is 0 Å². The van der Waals surface area contributed by atoms with E-state index in [4.69, 9.17) is 0 Å². The number of benzene rings is 2. The summed E-state index contributed by atoms with van der Waals surface area (Å²) in [7, 11) is 0. The minimum Gasteiger partial charge on any atom is -0.395 e. The fourth-order valence-corrected chi connectivity index (χ4v) is 3.40. The first-order valence-corrected chi connectivity index (χ1v) is 8.13. The maximum atomic E-state index is 10.0. The Bertz CT molecular complexity index is 630. The van der Waals surface area contributed by atoms with E-state index in [0.29, 0.717) is 6.54 Å². The second-order valence-electron chi connectivity index (χ2n) is 6.22. The second-order valence-corrected chi connectivity index (χ2v) is 6.22. The van der Waals surface area contributed by atoms with Crippen molar-refractivity contribution in [1.82, 2.24) is 4.90 Å². The van der Waals surface area contributed by atoms with Gasteiger partial charge in [-0.15, -0.1) is 0 Å². The van der Waals surface area contributed by atoms with Crippen LogP contribution in [0.2, 0.25) is 0 Å². The quantitative estimate of drug-likeness (QED) is 0.646. The SMILES string of the molecule is OC[C@@H]1[C@@H](O)[C@H](O)[C@@H](CO)N1Cc1ccc(-c2ccccc2)cc1. The summed E-state index contributed by atoms with van der Waals surface area (Å²) in [5.74, 6) is 0. The van der Waals surface area contributed by atoms with Gasteiger partial charge >= 0.3 is 0 Å². The van der Waals surface area contributed by atoms with Crippen LogP contribution in [0.1, 0.15) is 5.56 Å². The Balaban J connectivity index is 1.77. The van der Waals surface area contributed by atoms with E-state index in [-0.39, 0.29) is 13.2 Å². The Kier molecular flexibility index (Phi) is 5.28. The van der Waals surface area contributed by atoms with Gasteiger partial charge in [0.05, 0.1) is 37.5 Å². The monoisotopic (exact) mass is 329 g/mol. The van der Waals surface area contributed by atoms with Crippen molar-refractivity contribution in [1.29, 1.82) is 0 Å². The molecule has 2 aromatic rings. The second kappa shape index (κ2) is 7.42. The normalized spacial score (nSPS) is 27.5. The maximum Gasteiger partial charge on any atom is 0.0992 e. The zero-order valence-corrected chi connectivity index (χ0v) is 13.4. The van der Waals surface area contributed by atoms with E-state index in [1.807, 2.05) is 54.6 Å². The van der Waals surface area contributed by atoms with Crippen LogP contribution in [-0.2, 0) is 6.54 Å². The van der Waals surface area contributed by atoms with E-state index >= 15 is 0 Å². The molecule has 24 heavy (non-hydrogen) atoms. The molecule has 0 saturated carbocycles. The molecule has 3 rings (SSSR count). The summed E-state index contributed by atoms with van der Waals surface area (Å²) in [5.41, 5.74) is 3.24. The van der Waals surface area contributed by atoms with Crippen LogP contribution in [-0.4, -0.2) is 62.8 Å². The Morgan fingerprint density at radius 3 is 1.71 bits per heavy atom. The zero-order valence-electron chi connectivity index (χ0n) is 13.4. The fourth-order valence-electron chi connectivity index (χ4n) is 3.40. The molecule has 0 radical (unpaired) electrons. The van der Waals surface area contributed by atoms with Gasteiger partial charge in [0.25, 0.3) is 0 Å². The average molecular weight is 329 g/mol. The molecule has 5 nitrogen and oxygen atoms in total. The number of likely N-dealkylation sites (tertiary alicyclic amines) is 1. The molecule has 0 aliphatic carbocycles. The smallest absolute Gasteiger partial charge is 0.0992 e. The molecule has 0 bridgehead atoms. The average Bonchev–Trinajstić information content (AvgIpc) is 2.86. The molecule has 1 heterocycles. The molecule has 4 N–H and O–H groups in total. The van der Waals surface area contributed by atoms with Crippen LogP contribution in [0.3, 0.4) is 0 Å². The van der Waals surface area contributed by atoms with Gasteiger partial charge in [-0.25, -0.2) is 0 Å². The van der Waals surface area contributed by atoms with Gasteiger partial charge in [0.15, 0.2) is 0 Å². The van der Waals surface area contributed by atoms with Crippen molar-refractivity contribution >= 4 is 0 Å². The summed E-state index contributed by atoms with van der Waals surface area (Å²) in [5, 5.41) is 39.1. The molecular formula is C19H23NO4. The van der Waals surface area contributed by atoms with E-state index in [9.17, 15) is 20.4 Å². The van der Waals surface area contributed by atoms with Crippen LogP contribution in [0.15, 0.2) is 54.6 Å². The van der Waals surface area contributed by atoms with Gasteiger partial charge in [-0.05, 0) is 16.7 Å². The molecular weight excluding hydrogens is 306 g/mol. The van der Waals surface area contributed by atoms with Gasteiger partial charge in [-0.2, -0.15) is 0 Å². The third kappa shape index (κ3) is 3.22. The molecule has 1 aliphatic rings. The minimum absolute atomic E-state index is 0.267. The van der Waals surface area contributed by atoms with Crippen molar-refractivity contribution < 1.29 is 20.4 Å². The number of aliphatic hydroxyl groups is 4. The molecule has 4 atom stereocenters. The van der Waals surface area contributed by atoms with Crippen LogP contribution in [0, 0.1) is 0 Å². The van der Waals surface area contributed by atoms with Crippen molar-refractivity contribution in [3.05, 3.63) is 60.2 Å². The highest BCUT2D eigenvalue weighted by molar-refractivity contribution is 5.63. The number of hydrogen-bond acceptors (Lipinski definition) is 5. The van der Waals surface area contributed by atoms with Crippen LogP contribution in [0.5, 0.6) is 0 Å². The lowest BCUT2D eigenvalue weighted by molar-refractivity contribution is 0.0130. The molecule has 0 aromatic heterocycles. The summed E-state index contributed by atoms with van der Waals surface area (Å²) in [6.07, 6.45) is -2.12. The number of hydrogen-bond donors (Lipinski definition) is 4. The predicted molar refractivity (Wildman–Crippen MR) is 91.2 cm³/mol. The Morgan fingerprint density at radius 1 is 0.708 bits per heavy atom. The predicted octanol–water partition coefficient (Wildman–Crippen LogP) is 0.613. The molecule has 1 saturated heterocycles. The standard InChI is InChI=1S/C19H23NO4/c21-11-16-18(23)19(24)17(12-22)20(16)10-13-6-8-15(9-7-13)14-4-2-1-3-5-14/h1-9,16-19,21-24H,10-12H2/t16-,17-,18-,19-/m1/s1. The Labute approximate surface area is 141 Å². The minimum atomic E-state index is -1.06. The van der Waals surface area contributed by atoms with E-state index in [1.54, 1.807) is 4.90 Å². The van der Waals surface area contributed by atoms with Gasteiger partial charge in [-0.3, -0.25) is 4.90 Å². The molecule has 2 aromatic carbocycles. The number of aliphatic hydroxyl groups excluding tert-OH is 4. The first-order chi connectivity index (χ1) is 11.7. The van der Waals surface area contributed by atoms with Crippen molar-refractivity contribution in [2.75, 3.05) is 13.2 Å². The Hall–Kier alpha value is -1.76. The van der Waals surface area contributed by atoms with Crippen molar-refractivity contribution in [3.8, 4) is 11.1 Å². The van der Waals surface area contributed by atoms with Crippen LogP contribution in [0.25, 0.3) is 11.1 Å². The lowest BCUT2D eigenvalue weighted by Crippen LogP contribution is -2.42. The molecule has 0 spiro atoms. The van der Waals surface area contributed by atoms with E-state index in [2.05, 4.69) is 0 Å². The van der Waals surface area contributed by atoms with Gasteiger partial charge in [-0.1, -0.05) is 54.6 Å². The summed E-state index contributed by atoms with van der Waals surface area (Å²) < 4.78 is 0. The van der Waals surface area contributed by atoms with Gasteiger partial charge in [0.2, 0.25) is 0 Å². The molecule has 1 aliphatic heterocycles. The molecule has 0 amide bonds. The summed E-state index contributed by atoms with van der Waals surface area (Å²) in [4.78, 5) is 1.77. The molecule has 1 fully saturated rings. The highest BCUT2D eigenvalue weighted by Gasteiger charge is 2.46. The summed E-state index contributed by atoms with van der Waals surface area (Å²) >= 11 is 0. The zero-order chi connectivity index (χ0) is 17.1. The first-order valence-electron chi connectivity index (χ1n) is 8.13. The van der Waals surface area contributed by atoms with E-state index < -0.39 is 24.3 Å². The maximum absolute atomic E-state index is 10.0. The highest BCUT2D eigenvalue weighted by atomic mass is 16.3. The fraction of sp³-hybridized carbons (Fsp3) is 0.368. The largest absolute Gasteiger partial charge is 0.395 e. The first kappa shape index (κ1) is 17.1. The third-order valence-electron chi connectivity index (χ3n) is 4.79. The molecule has 0 unspecified atom stereocenters. The summed E-state index contributed by atoms with van der Waals surface area (Å²) in [6, 6.07) is 16.9. The molecule has 5 heteroatoms. The van der Waals surface area contributed by atoms with Crippen LogP contribution in [0.4, 0.5) is 0 Å². The van der Waals surface area contributed by atoms with E-state index in [1.165, 1.54) is 0 Å². The van der Waals surface area contributed by atoms with Crippen LogP contribution >= 0.6 is 0 Å². The lowest BCUT2D eigenvalue weighted by atomic mass is 10.0. The topological polar surface area (TPSA) is 84.2 Å². The highest BCUT2D eigenvalue weighted by Crippen LogP contribution is 2.28. The van der Waals surface area contributed by atoms with Crippen molar-refractivity contribution in [2.45, 2.75) is 30.8 Å². The molecule has 128 valence electrons. The van der Waals surface area contributed by atoms with Crippen molar-refractivity contribution in [2.24, 2.45) is 0 Å². The lowest BCUT2D eigenvalue weighted by Gasteiger charge is -2.28. The third-order valence-corrected chi connectivity index (χ3v) is 4.79. The van der Waals surface area contributed by atoms with Crippen molar-refractivity contribution in [3.63, 3.8) is 0 Å².